The lowest BCUT2D eigenvalue weighted by molar-refractivity contribution is -0.155. The SMILES string of the molecule is C=CCN(CCCC)C(=O)C1N([C@@H](CO)CC(C)C)C(=O)[C@@H]2[C@H](C(=O)N(CC=C)c3ccccc3)[C@]3(C)CCC12O3. The summed E-state index contributed by atoms with van der Waals surface area (Å²) in [4.78, 5) is 48.6. The number of hydrogen-bond donors (Lipinski definition) is 1. The smallest absolute Gasteiger partial charge is 0.248 e. The molecule has 1 aromatic rings. The van der Waals surface area contributed by atoms with E-state index in [0.29, 0.717) is 32.4 Å². The molecule has 1 aromatic carbocycles. The molecule has 1 N–H and O–H groups in total. The highest BCUT2D eigenvalue weighted by molar-refractivity contribution is 6.03. The number of aliphatic hydroxyl groups excluding tert-OH is 1. The predicted octanol–water partition coefficient (Wildman–Crippen LogP) is 4.19. The molecule has 3 amide bonds. The number of carbonyl (C=O) groups is 3. The predicted molar refractivity (Wildman–Crippen MR) is 160 cm³/mol. The van der Waals surface area contributed by atoms with Crippen molar-refractivity contribution in [2.24, 2.45) is 17.8 Å². The Bertz CT molecular complexity index is 1140. The largest absolute Gasteiger partial charge is 0.394 e. The molecular formula is C33H47N3O5. The topological polar surface area (TPSA) is 90.4 Å². The molecule has 8 nitrogen and oxygen atoms in total. The Morgan fingerprint density at radius 2 is 1.83 bits per heavy atom. The minimum absolute atomic E-state index is 0.186. The minimum atomic E-state index is -1.14. The van der Waals surface area contributed by atoms with Gasteiger partial charge in [0, 0.05) is 25.3 Å². The Hall–Kier alpha value is -2.97. The molecule has 3 saturated heterocycles. The van der Waals surface area contributed by atoms with Crippen LogP contribution < -0.4 is 4.90 Å². The van der Waals surface area contributed by atoms with Gasteiger partial charge in [-0.2, -0.15) is 0 Å². The van der Waals surface area contributed by atoms with Crippen LogP contribution in [0.2, 0.25) is 0 Å². The number of ether oxygens (including phenoxy) is 1. The minimum Gasteiger partial charge on any atom is -0.394 e. The number of unbranched alkanes of at least 4 members (excludes halogenated alkanes) is 1. The lowest BCUT2D eigenvalue weighted by Crippen LogP contribution is -2.59. The van der Waals surface area contributed by atoms with Crippen LogP contribution in [-0.2, 0) is 19.1 Å². The van der Waals surface area contributed by atoms with Gasteiger partial charge in [-0.25, -0.2) is 0 Å². The van der Waals surface area contributed by atoms with E-state index >= 15 is 0 Å². The van der Waals surface area contributed by atoms with Crippen LogP contribution in [-0.4, -0.2) is 82.2 Å². The lowest BCUT2D eigenvalue weighted by atomic mass is 9.66. The first-order valence-corrected chi connectivity index (χ1v) is 15.1. The Balaban J connectivity index is 1.83. The van der Waals surface area contributed by atoms with Gasteiger partial charge in [-0.15, -0.1) is 13.2 Å². The average molecular weight is 566 g/mol. The Labute approximate surface area is 245 Å². The molecule has 224 valence electrons. The van der Waals surface area contributed by atoms with Crippen molar-refractivity contribution in [3.05, 3.63) is 55.6 Å². The van der Waals surface area contributed by atoms with Gasteiger partial charge in [0.25, 0.3) is 0 Å². The van der Waals surface area contributed by atoms with E-state index in [1.54, 1.807) is 26.9 Å². The third-order valence-electron chi connectivity index (χ3n) is 9.15. The third kappa shape index (κ3) is 5.37. The number of fused-ring (bicyclic) bond motifs is 1. The van der Waals surface area contributed by atoms with Gasteiger partial charge >= 0.3 is 0 Å². The van der Waals surface area contributed by atoms with Crippen LogP contribution in [0.1, 0.15) is 59.8 Å². The molecule has 2 bridgehead atoms. The summed E-state index contributed by atoms with van der Waals surface area (Å²) in [6, 6.07) is 7.90. The van der Waals surface area contributed by atoms with Gasteiger partial charge in [0.2, 0.25) is 17.7 Å². The van der Waals surface area contributed by atoms with Crippen molar-refractivity contribution in [2.75, 3.05) is 31.1 Å². The van der Waals surface area contributed by atoms with Gasteiger partial charge in [0.15, 0.2) is 0 Å². The fraction of sp³-hybridized carbons (Fsp3) is 0.606. The molecule has 3 aliphatic rings. The van der Waals surface area contributed by atoms with Crippen molar-refractivity contribution >= 4 is 23.4 Å². The number of aliphatic hydroxyl groups is 1. The molecule has 3 aliphatic heterocycles. The van der Waals surface area contributed by atoms with E-state index in [0.717, 1.165) is 18.5 Å². The van der Waals surface area contributed by atoms with Crippen LogP contribution >= 0.6 is 0 Å². The van der Waals surface area contributed by atoms with Gasteiger partial charge in [-0.1, -0.05) is 57.5 Å². The summed E-state index contributed by atoms with van der Waals surface area (Å²) in [5.41, 5.74) is -1.32. The molecule has 2 unspecified atom stereocenters. The van der Waals surface area contributed by atoms with Gasteiger partial charge in [-0.05, 0) is 50.7 Å². The Morgan fingerprint density at radius 1 is 1.15 bits per heavy atom. The first kappa shape index (κ1) is 31.0. The van der Waals surface area contributed by atoms with Crippen LogP contribution in [0, 0.1) is 17.8 Å². The number of rotatable bonds is 14. The van der Waals surface area contributed by atoms with E-state index in [1.807, 2.05) is 51.1 Å². The lowest BCUT2D eigenvalue weighted by Gasteiger charge is -2.40. The maximum Gasteiger partial charge on any atom is 0.248 e. The average Bonchev–Trinajstić information content (AvgIpc) is 3.53. The summed E-state index contributed by atoms with van der Waals surface area (Å²) in [5, 5.41) is 10.5. The second-order valence-corrected chi connectivity index (χ2v) is 12.4. The van der Waals surface area contributed by atoms with E-state index in [9.17, 15) is 19.5 Å². The summed E-state index contributed by atoms with van der Waals surface area (Å²) in [5.74, 6) is -2.08. The molecule has 8 heteroatoms. The van der Waals surface area contributed by atoms with E-state index in [4.69, 9.17) is 4.74 Å². The van der Waals surface area contributed by atoms with Crippen molar-refractivity contribution < 1.29 is 24.2 Å². The zero-order valence-corrected chi connectivity index (χ0v) is 25.1. The maximum absolute atomic E-state index is 14.6. The van der Waals surface area contributed by atoms with Crippen molar-refractivity contribution in [2.45, 2.75) is 83.1 Å². The number of benzene rings is 1. The maximum atomic E-state index is 14.6. The highest BCUT2D eigenvalue weighted by atomic mass is 16.5. The molecule has 0 aromatic heterocycles. The number of likely N-dealkylation sites (tertiary alicyclic amines) is 1. The van der Waals surface area contributed by atoms with Gasteiger partial charge in [0.1, 0.15) is 11.6 Å². The van der Waals surface area contributed by atoms with Crippen LogP contribution in [0.25, 0.3) is 0 Å². The molecule has 6 atom stereocenters. The summed E-state index contributed by atoms with van der Waals surface area (Å²) >= 11 is 0. The zero-order valence-electron chi connectivity index (χ0n) is 25.1. The molecular weight excluding hydrogens is 518 g/mol. The summed E-state index contributed by atoms with van der Waals surface area (Å²) < 4.78 is 6.85. The highest BCUT2D eigenvalue weighted by Gasteiger charge is 2.78. The van der Waals surface area contributed by atoms with Crippen molar-refractivity contribution in [3.8, 4) is 0 Å². The standard InChI is InChI=1S/C33H47N3O5/c1-7-10-20-34(18-8-2)31(40)28-33-17-16-32(6,41-33)26(27(33)30(39)36(28)25(22-37)21-23(4)5)29(38)35(19-9-3)24-14-12-11-13-15-24/h8-9,11-15,23,25-28,37H,2-3,7,10,16-22H2,1,4-6H3/t25-,26-,27+,28?,32+,33?/m1/s1. The van der Waals surface area contributed by atoms with Crippen molar-refractivity contribution in [1.82, 2.24) is 9.80 Å². The number of hydrogen-bond acceptors (Lipinski definition) is 5. The zero-order chi connectivity index (χ0) is 29.9. The number of amides is 3. The quantitative estimate of drug-likeness (QED) is 0.342. The summed E-state index contributed by atoms with van der Waals surface area (Å²) in [6.07, 6.45) is 6.71. The van der Waals surface area contributed by atoms with Crippen LogP contribution in [0.15, 0.2) is 55.6 Å². The number of anilines is 1. The third-order valence-corrected chi connectivity index (χ3v) is 9.15. The van der Waals surface area contributed by atoms with Crippen LogP contribution in [0.3, 0.4) is 0 Å². The van der Waals surface area contributed by atoms with Crippen LogP contribution in [0.5, 0.6) is 0 Å². The second kappa shape index (κ2) is 12.5. The van der Waals surface area contributed by atoms with E-state index in [1.165, 1.54) is 0 Å². The van der Waals surface area contributed by atoms with E-state index in [2.05, 4.69) is 20.1 Å². The first-order chi connectivity index (χ1) is 19.6. The number of para-hydroxylation sites is 1. The molecule has 1 spiro atoms. The van der Waals surface area contributed by atoms with E-state index < -0.39 is 35.1 Å². The molecule has 0 aliphatic carbocycles. The number of nitrogens with zero attached hydrogens (tertiary/aromatic N) is 3. The molecule has 0 saturated carbocycles. The van der Waals surface area contributed by atoms with Crippen molar-refractivity contribution in [3.63, 3.8) is 0 Å². The van der Waals surface area contributed by atoms with E-state index in [-0.39, 0.29) is 36.8 Å². The number of carbonyl (C=O) groups excluding carboxylic acids is 3. The first-order valence-electron chi connectivity index (χ1n) is 15.1. The van der Waals surface area contributed by atoms with Crippen LogP contribution in [0.4, 0.5) is 5.69 Å². The Morgan fingerprint density at radius 3 is 2.41 bits per heavy atom. The molecule has 4 rings (SSSR count). The molecule has 41 heavy (non-hydrogen) atoms. The monoisotopic (exact) mass is 565 g/mol. The molecule has 3 heterocycles. The Kier molecular flexibility index (Phi) is 9.44. The fourth-order valence-electron chi connectivity index (χ4n) is 7.43. The van der Waals surface area contributed by atoms with Gasteiger partial charge in [-0.3, -0.25) is 14.4 Å². The highest BCUT2D eigenvalue weighted by Crippen LogP contribution is 2.64. The van der Waals surface area contributed by atoms with Gasteiger partial charge < -0.3 is 24.5 Å². The molecule has 0 radical (unpaired) electrons. The summed E-state index contributed by atoms with van der Waals surface area (Å²) in [7, 11) is 0. The normalized spacial score (nSPS) is 29.0. The molecule has 3 fully saturated rings. The fourth-order valence-corrected chi connectivity index (χ4v) is 7.43. The summed E-state index contributed by atoms with van der Waals surface area (Å²) in [6.45, 7) is 16.7. The van der Waals surface area contributed by atoms with Gasteiger partial charge in [0.05, 0.1) is 30.1 Å². The van der Waals surface area contributed by atoms with Crippen molar-refractivity contribution in [1.29, 1.82) is 0 Å². The second-order valence-electron chi connectivity index (χ2n) is 12.4.